The lowest BCUT2D eigenvalue weighted by Crippen LogP contribution is -2.37. The van der Waals surface area contributed by atoms with Crippen molar-refractivity contribution in [1.29, 1.82) is 5.26 Å². The van der Waals surface area contributed by atoms with Gasteiger partial charge in [-0.25, -0.2) is 4.79 Å². The molecule has 0 radical (unpaired) electrons. The van der Waals surface area contributed by atoms with E-state index in [1.165, 1.54) is 0 Å². The van der Waals surface area contributed by atoms with Gasteiger partial charge in [0.05, 0.1) is 18.2 Å². The second kappa shape index (κ2) is 8.94. The number of anilines is 1. The number of unbranched alkanes of at least 4 members (excludes halogenated alkanes) is 2. The maximum Gasteiger partial charge on any atom is 0.321 e. The molecular formula is C15H21N3O2. The first-order valence-electron chi connectivity index (χ1n) is 6.88. The van der Waals surface area contributed by atoms with Crippen LogP contribution in [0.5, 0.6) is 0 Å². The monoisotopic (exact) mass is 275 g/mol. The minimum absolute atomic E-state index is 0.0487. The lowest BCUT2D eigenvalue weighted by Gasteiger charge is -2.22. The maximum absolute atomic E-state index is 12.1. The number of nitrogens with one attached hydrogen (secondary N) is 1. The molecule has 0 atom stereocenters. The van der Waals surface area contributed by atoms with E-state index in [9.17, 15) is 4.79 Å². The van der Waals surface area contributed by atoms with Crippen LogP contribution in [0.4, 0.5) is 10.5 Å². The number of urea groups is 1. The summed E-state index contributed by atoms with van der Waals surface area (Å²) in [6.45, 7) is 3.02. The Hall–Kier alpha value is -2.06. The highest BCUT2D eigenvalue weighted by molar-refractivity contribution is 5.89. The van der Waals surface area contributed by atoms with E-state index < -0.39 is 0 Å². The summed E-state index contributed by atoms with van der Waals surface area (Å²) in [5.41, 5.74) is 1.20. The third-order valence-corrected chi connectivity index (χ3v) is 2.95. The first-order valence-corrected chi connectivity index (χ1v) is 6.88. The summed E-state index contributed by atoms with van der Waals surface area (Å²) in [4.78, 5) is 13.7. The topological polar surface area (TPSA) is 76.4 Å². The van der Waals surface area contributed by atoms with Gasteiger partial charge in [-0.2, -0.15) is 5.26 Å². The van der Waals surface area contributed by atoms with Crippen LogP contribution < -0.4 is 5.32 Å². The third-order valence-electron chi connectivity index (χ3n) is 2.95. The van der Waals surface area contributed by atoms with E-state index in [-0.39, 0.29) is 12.6 Å². The molecule has 0 saturated carbocycles. The van der Waals surface area contributed by atoms with Crippen molar-refractivity contribution in [2.45, 2.75) is 26.2 Å². The Morgan fingerprint density at radius 3 is 2.55 bits per heavy atom. The van der Waals surface area contributed by atoms with Gasteiger partial charge in [0.2, 0.25) is 0 Å². The highest BCUT2D eigenvalue weighted by Crippen LogP contribution is 2.10. The van der Waals surface area contributed by atoms with Gasteiger partial charge in [-0.05, 0) is 30.7 Å². The molecule has 0 heterocycles. The first kappa shape index (κ1) is 16.0. The van der Waals surface area contributed by atoms with Crippen LogP contribution in [0.15, 0.2) is 24.3 Å². The fourth-order valence-corrected chi connectivity index (χ4v) is 1.82. The van der Waals surface area contributed by atoms with Crippen LogP contribution in [0.3, 0.4) is 0 Å². The van der Waals surface area contributed by atoms with Crippen molar-refractivity contribution in [2.24, 2.45) is 0 Å². The van der Waals surface area contributed by atoms with Crippen molar-refractivity contribution in [3.05, 3.63) is 29.8 Å². The lowest BCUT2D eigenvalue weighted by molar-refractivity contribution is 0.187. The van der Waals surface area contributed by atoms with E-state index in [4.69, 9.17) is 10.4 Å². The van der Waals surface area contributed by atoms with Gasteiger partial charge in [-0.1, -0.05) is 19.8 Å². The van der Waals surface area contributed by atoms with Gasteiger partial charge in [0.1, 0.15) is 0 Å². The van der Waals surface area contributed by atoms with Gasteiger partial charge >= 0.3 is 6.03 Å². The number of amides is 2. The van der Waals surface area contributed by atoms with E-state index in [0.717, 1.165) is 19.3 Å². The standard InChI is InChI=1S/C15H21N3O2/c1-2-3-4-9-18(10-11-19)15(20)17-14-7-5-13(12-16)6-8-14/h5-8,19H,2-4,9-11H2,1H3,(H,17,20). The molecule has 5 nitrogen and oxygen atoms in total. The van der Waals surface area contributed by atoms with Crippen molar-refractivity contribution in [3.63, 3.8) is 0 Å². The van der Waals surface area contributed by atoms with E-state index in [1.807, 2.05) is 6.07 Å². The smallest absolute Gasteiger partial charge is 0.321 e. The normalized spacial score (nSPS) is 9.85. The fourth-order valence-electron chi connectivity index (χ4n) is 1.82. The highest BCUT2D eigenvalue weighted by atomic mass is 16.3. The molecule has 0 fully saturated rings. The second-order valence-electron chi connectivity index (χ2n) is 4.54. The molecule has 0 aromatic heterocycles. The predicted octanol–water partition coefficient (Wildman–Crippen LogP) is 2.57. The molecular weight excluding hydrogens is 254 g/mol. The summed E-state index contributed by atoms with van der Waals surface area (Å²) in [5, 5.41) is 20.5. The summed E-state index contributed by atoms with van der Waals surface area (Å²) in [6.07, 6.45) is 3.08. The number of nitrogens with zero attached hydrogens (tertiary/aromatic N) is 2. The number of carbonyl (C=O) groups excluding carboxylic acids is 1. The molecule has 0 spiro atoms. The zero-order chi connectivity index (χ0) is 14.8. The molecule has 5 heteroatoms. The number of aliphatic hydroxyl groups excluding tert-OH is 1. The van der Waals surface area contributed by atoms with Crippen LogP contribution in [0, 0.1) is 11.3 Å². The largest absolute Gasteiger partial charge is 0.395 e. The molecule has 0 aliphatic heterocycles. The number of aliphatic hydroxyl groups is 1. The second-order valence-corrected chi connectivity index (χ2v) is 4.54. The van der Waals surface area contributed by atoms with Gasteiger partial charge in [0.25, 0.3) is 0 Å². The third kappa shape index (κ3) is 5.29. The van der Waals surface area contributed by atoms with Gasteiger partial charge in [-0.15, -0.1) is 0 Å². The highest BCUT2D eigenvalue weighted by Gasteiger charge is 2.12. The van der Waals surface area contributed by atoms with Crippen molar-refractivity contribution >= 4 is 11.7 Å². The zero-order valence-electron chi connectivity index (χ0n) is 11.8. The average Bonchev–Trinajstić information content (AvgIpc) is 2.47. The minimum atomic E-state index is -0.222. The van der Waals surface area contributed by atoms with Crippen LogP contribution >= 0.6 is 0 Å². The maximum atomic E-state index is 12.1. The Kier molecular flexibility index (Phi) is 7.15. The summed E-state index contributed by atoms with van der Waals surface area (Å²) in [7, 11) is 0. The molecule has 2 N–H and O–H groups in total. The van der Waals surface area contributed by atoms with E-state index in [1.54, 1.807) is 29.2 Å². The number of carbonyl (C=O) groups is 1. The van der Waals surface area contributed by atoms with Crippen LogP contribution in [0.25, 0.3) is 0 Å². The van der Waals surface area contributed by atoms with Crippen LogP contribution in [-0.2, 0) is 0 Å². The molecule has 0 unspecified atom stereocenters. The summed E-state index contributed by atoms with van der Waals surface area (Å²) in [5.74, 6) is 0. The Balaban J connectivity index is 2.57. The Morgan fingerprint density at radius 1 is 1.30 bits per heavy atom. The molecule has 0 aliphatic rings. The summed E-state index contributed by atoms with van der Waals surface area (Å²) >= 11 is 0. The van der Waals surface area contributed by atoms with Gasteiger partial charge in [-0.3, -0.25) is 0 Å². The Bertz CT molecular complexity index is 451. The predicted molar refractivity (Wildman–Crippen MR) is 78.4 cm³/mol. The lowest BCUT2D eigenvalue weighted by atomic mass is 10.2. The first-order chi connectivity index (χ1) is 9.71. The number of rotatable bonds is 7. The Labute approximate surface area is 119 Å². The van der Waals surface area contributed by atoms with Crippen molar-refractivity contribution in [3.8, 4) is 6.07 Å². The van der Waals surface area contributed by atoms with E-state index in [0.29, 0.717) is 24.3 Å². The molecule has 1 rings (SSSR count). The quantitative estimate of drug-likeness (QED) is 0.751. The molecule has 1 aromatic carbocycles. The Morgan fingerprint density at radius 2 is 2.00 bits per heavy atom. The fraction of sp³-hybridized carbons (Fsp3) is 0.467. The van der Waals surface area contributed by atoms with Crippen molar-refractivity contribution in [1.82, 2.24) is 4.90 Å². The number of hydrogen-bond donors (Lipinski definition) is 2. The van der Waals surface area contributed by atoms with Crippen LogP contribution in [0.1, 0.15) is 31.7 Å². The van der Waals surface area contributed by atoms with Crippen LogP contribution in [0.2, 0.25) is 0 Å². The molecule has 1 aromatic rings. The van der Waals surface area contributed by atoms with Crippen LogP contribution in [-0.4, -0.2) is 35.7 Å². The summed E-state index contributed by atoms with van der Waals surface area (Å²) in [6, 6.07) is 8.51. The zero-order valence-corrected chi connectivity index (χ0v) is 11.8. The van der Waals surface area contributed by atoms with Gasteiger partial charge in [0.15, 0.2) is 0 Å². The van der Waals surface area contributed by atoms with E-state index >= 15 is 0 Å². The van der Waals surface area contributed by atoms with Crippen molar-refractivity contribution in [2.75, 3.05) is 25.0 Å². The molecule has 108 valence electrons. The number of hydrogen-bond acceptors (Lipinski definition) is 3. The van der Waals surface area contributed by atoms with Gasteiger partial charge < -0.3 is 15.3 Å². The van der Waals surface area contributed by atoms with Gasteiger partial charge in [0, 0.05) is 18.8 Å². The molecule has 20 heavy (non-hydrogen) atoms. The summed E-state index contributed by atoms with van der Waals surface area (Å²) < 4.78 is 0. The number of benzene rings is 1. The SMILES string of the molecule is CCCCCN(CCO)C(=O)Nc1ccc(C#N)cc1. The van der Waals surface area contributed by atoms with E-state index in [2.05, 4.69) is 12.2 Å². The number of nitriles is 1. The molecule has 0 aliphatic carbocycles. The molecule has 0 bridgehead atoms. The average molecular weight is 275 g/mol. The minimum Gasteiger partial charge on any atom is -0.395 e. The van der Waals surface area contributed by atoms with Crippen molar-refractivity contribution < 1.29 is 9.90 Å². The molecule has 2 amide bonds. The molecule has 0 saturated heterocycles.